The first kappa shape index (κ1) is 21.8. The van der Waals surface area contributed by atoms with Crippen LogP contribution >= 0.6 is 11.6 Å². The summed E-state index contributed by atoms with van der Waals surface area (Å²) < 4.78 is 17.1. The molecule has 0 spiro atoms. The van der Waals surface area contributed by atoms with Crippen LogP contribution in [0.1, 0.15) is 36.7 Å². The maximum Gasteiger partial charge on any atom is 0.251 e. The van der Waals surface area contributed by atoms with Crippen molar-refractivity contribution in [2.75, 3.05) is 26.4 Å². The Balaban J connectivity index is 1.74. The molecule has 0 aliphatic heterocycles. The molecule has 0 aliphatic carbocycles. The zero-order valence-electron chi connectivity index (χ0n) is 17.5. The molecule has 7 heteroatoms. The van der Waals surface area contributed by atoms with Crippen molar-refractivity contribution in [3.8, 4) is 17.2 Å². The van der Waals surface area contributed by atoms with E-state index >= 15 is 0 Å². The van der Waals surface area contributed by atoms with Crippen LogP contribution < -0.4 is 19.5 Å². The number of hydrogen-bond donors (Lipinski definition) is 2. The summed E-state index contributed by atoms with van der Waals surface area (Å²) in [5.74, 6) is 1.33. The van der Waals surface area contributed by atoms with Crippen LogP contribution in [0, 0.1) is 0 Å². The van der Waals surface area contributed by atoms with E-state index in [-0.39, 0.29) is 5.91 Å². The highest BCUT2D eigenvalue weighted by atomic mass is 35.5. The molecule has 3 aromatic rings. The number of aromatic nitrogens is 1. The summed E-state index contributed by atoms with van der Waals surface area (Å²) in [5, 5.41) is 4.72. The molecule has 0 unspecified atom stereocenters. The molecule has 0 bridgehead atoms. The van der Waals surface area contributed by atoms with Crippen molar-refractivity contribution in [1.29, 1.82) is 0 Å². The lowest BCUT2D eigenvalue weighted by atomic mass is 10.1. The summed E-state index contributed by atoms with van der Waals surface area (Å²) >= 11 is 6.11. The SMILES string of the molecule is CCOc1cc(C(=O)NCCc2c[nH]c3ccc(Cl)cc23)cc(OCC)c1OCC. The third-order valence-corrected chi connectivity index (χ3v) is 4.82. The molecule has 160 valence electrons. The topological polar surface area (TPSA) is 72.6 Å². The molecule has 6 nitrogen and oxygen atoms in total. The van der Waals surface area contributed by atoms with Gasteiger partial charge in [-0.3, -0.25) is 4.79 Å². The van der Waals surface area contributed by atoms with Gasteiger partial charge < -0.3 is 24.5 Å². The first-order valence-corrected chi connectivity index (χ1v) is 10.5. The Morgan fingerprint density at radius 3 is 2.30 bits per heavy atom. The van der Waals surface area contributed by atoms with Crippen LogP contribution in [0.4, 0.5) is 0 Å². The minimum Gasteiger partial charge on any atom is -0.490 e. The van der Waals surface area contributed by atoms with Gasteiger partial charge in [-0.05, 0) is 63.1 Å². The Hall–Kier alpha value is -2.86. The average molecular weight is 431 g/mol. The Bertz CT molecular complexity index is 989. The number of aromatic amines is 1. The van der Waals surface area contributed by atoms with Crippen molar-refractivity contribution in [2.24, 2.45) is 0 Å². The zero-order chi connectivity index (χ0) is 21.5. The molecule has 0 saturated heterocycles. The molecule has 2 aromatic carbocycles. The number of ether oxygens (including phenoxy) is 3. The van der Waals surface area contributed by atoms with Crippen LogP contribution in [0.3, 0.4) is 0 Å². The number of hydrogen-bond acceptors (Lipinski definition) is 4. The van der Waals surface area contributed by atoms with Gasteiger partial charge in [0.25, 0.3) is 5.91 Å². The van der Waals surface area contributed by atoms with Gasteiger partial charge in [-0.1, -0.05) is 11.6 Å². The summed E-state index contributed by atoms with van der Waals surface area (Å²) in [6.45, 7) is 7.54. The fourth-order valence-electron chi connectivity index (χ4n) is 3.29. The molecule has 30 heavy (non-hydrogen) atoms. The van der Waals surface area contributed by atoms with Crippen molar-refractivity contribution in [2.45, 2.75) is 27.2 Å². The van der Waals surface area contributed by atoms with E-state index in [0.29, 0.717) is 60.6 Å². The third kappa shape index (κ3) is 5.00. The Morgan fingerprint density at radius 2 is 1.67 bits per heavy atom. The van der Waals surface area contributed by atoms with Crippen molar-refractivity contribution >= 4 is 28.4 Å². The molecule has 1 heterocycles. The van der Waals surface area contributed by atoms with Crippen molar-refractivity contribution in [1.82, 2.24) is 10.3 Å². The molecule has 0 radical (unpaired) electrons. The van der Waals surface area contributed by atoms with E-state index in [1.165, 1.54) is 0 Å². The van der Waals surface area contributed by atoms with Gasteiger partial charge in [-0.2, -0.15) is 0 Å². The number of amides is 1. The predicted molar refractivity (Wildman–Crippen MR) is 119 cm³/mol. The number of halogens is 1. The van der Waals surface area contributed by atoms with Crippen molar-refractivity contribution in [3.05, 3.63) is 52.7 Å². The Labute approximate surface area is 181 Å². The van der Waals surface area contributed by atoms with Crippen molar-refractivity contribution in [3.63, 3.8) is 0 Å². The van der Waals surface area contributed by atoms with Gasteiger partial charge in [0.15, 0.2) is 11.5 Å². The fourth-order valence-corrected chi connectivity index (χ4v) is 3.46. The van der Waals surface area contributed by atoms with Crippen LogP contribution in [0.15, 0.2) is 36.5 Å². The summed E-state index contributed by atoms with van der Waals surface area (Å²) in [6, 6.07) is 9.11. The van der Waals surface area contributed by atoms with Crippen LogP contribution in [0.5, 0.6) is 17.2 Å². The molecule has 3 rings (SSSR count). The Kier molecular flexibility index (Phi) is 7.46. The fraction of sp³-hybridized carbons (Fsp3) is 0.348. The quantitative estimate of drug-likeness (QED) is 0.475. The largest absolute Gasteiger partial charge is 0.490 e. The number of benzene rings is 2. The van der Waals surface area contributed by atoms with E-state index in [0.717, 1.165) is 16.5 Å². The van der Waals surface area contributed by atoms with Gasteiger partial charge in [0, 0.05) is 34.2 Å². The van der Waals surface area contributed by atoms with Gasteiger partial charge in [-0.25, -0.2) is 0 Å². The second-order valence-electron chi connectivity index (χ2n) is 6.61. The minimum atomic E-state index is -0.196. The highest BCUT2D eigenvalue weighted by Gasteiger charge is 2.18. The van der Waals surface area contributed by atoms with E-state index in [9.17, 15) is 4.79 Å². The summed E-state index contributed by atoms with van der Waals surface area (Å²) in [7, 11) is 0. The number of rotatable bonds is 10. The zero-order valence-corrected chi connectivity index (χ0v) is 18.3. The number of H-pyrrole nitrogens is 1. The van der Waals surface area contributed by atoms with Gasteiger partial charge in [-0.15, -0.1) is 0 Å². The molecular weight excluding hydrogens is 404 g/mol. The monoisotopic (exact) mass is 430 g/mol. The first-order chi connectivity index (χ1) is 14.6. The number of fused-ring (bicyclic) bond motifs is 1. The van der Waals surface area contributed by atoms with Crippen LogP contribution in [-0.4, -0.2) is 37.3 Å². The van der Waals surface area contributed by atoms with Gasteiger partial charge in [0.05, 0.1) is 19.8 Å². The molecule has 0 fully saturated rings. The third-order valence-electron chi connectivity index (χ3n) is 4.58. The predicted octanol–water partition coefficient (Wildman–Crippen LogP) is 4.99. The molecule has 0 saturated carbocycles. The lowest BCUT2D eigenvalue weighted by Gasteiger charge is -2.17. The van der Waals surface area contributed by atoms with E-state index in [4.69, 9.17) is 25.8 Å². The van der Waals surface area contributed by atoms with E-state index in [1.807, 2.05) is 45.2 Å². The van der Waals surface area contributed by atoms with E-state index in [1.54, 1.807) is 12.1 Å². The number of carbonyl (C=O) groups is 1. The lowest BCUT2D eigenvalue weighted by Crippen LogP contribution is -2.25. The molecule has 0 aliphatic rings. The molecular formula is C23H27ClN2O4. The maximum absolute atomic E-state index is 12.8. The molecule has 2 N–H and O–H groups in total. The van der Waals surface area contributed by atoms with Crippen LogP contribution in [-0.2, 0) is 6.42 Å². The highest BCUT2D eigenvalue weighted by molar-refractivity contribution is 6.31. The van der Waals surface area contributed by atoms with Crippen LogP contribution in [0.2, 0.25) is 5.02 Å². The van der Waals surface area contributed by atoms with Gasteiger partial charge in [0.2, 0.25) is 5.75 Å². The minimum absolute atomic E-state index is 0.196. The Morgan fingerprint density at radius 1 is 1.00 bits per heavy atom. The lowest BCUT2D eigenvalue weighted by molar-refractivity contribution is 0.0953. The normalized spacial score (nSPS) is 10.8. The molecule has 0 atom stereocenters. The van der Waals surface area contributed by atoms with Gasteiger partial charge in [0.1, 0.15) is 0 Å². The summed E-state index contributed by atoms with van der Waals surface area (Å²) in [6.07, 6.45) is 2.63. The summed E-state index contributed by atoms with van der Waals surface area (Å²) in [5.41, 5.74) is 2.59. The second-order valence-corrected chi connectivity index (χ2v) is 7.05. The first-order valence-electron chi connectivity index (χ1n) is 10.2. The molecule has 1 aromatic heterocycles. The average Bonchev–Trinajstić information content (AvgIpc) is 3.12. The number of nitrogens with one attached hydrogen (secondary N) is 2. The summed E-state index contributed by atoms with van der Waals surface area (Å²) in [4.78, 5) is 16.0. The number of carbonyl (C=O) groups excluding carboxylic acids is 1. The second kappa shape index (κ2) is 10.3. The highest BCUT2D eigenvalue weighted by Crippen LogP contribution is 2.39. The van der Waals surface area contributed by atoms with E-state index in [2.05, 4.69) is 10.3 Å². The van der Waals surface area contributed by atoms with Crippen LogP contribution in [0.25, 0.3) is 10.9 Å². The maximum atomic E-state index is 12.8. The smallest absolute Gasteiger partial charge is 0.251 e. The van der Waals surface area contributed by atoms with Gasteiger partial charge >= 0.3 is 0 Å². The molecule has 1 amide bonds. The van der Waals surface area contributed by atoms with E-state index < -0.39 is 0 Å². The standard InChI is InChI=1S/C23H27ClN2O4/c1-4-28-20-11-16(12-21(29-5-2)22(20)30-6-3)23(27)25-10-9-15-14-26-19-8-7-17(24)13-18(15)19/h7-8,11-14,26H,4-6,9-10H2,1-3H3,(H,25,27). The van der Waals surface area contributed by atoms with Crippen molar-refractivity contribution < 1.29 is 19.0 Å².